The van der Waals surface area contributed by atoms with Crippen LogP contribution in [-0.2, 0) is 11.2 Å². The fourth-order valence-corrected chi connectivity index (χ4v) is 3.09. The van der Waals surface area contributed by atoms with Crippen molar-refractivity contribution in [3.05, 3.63) is 30.1 Å². The van der Waals surface area contributed by atoms with Gasteiger partial charge in [0.05, 0.1) is 11.0 Å². The first-order valence-electron chi connectivity index (χ1n) is 8.04. The second kappa shape index (κ2) is 6.74. The fraction of sp³-hybridized carbons (Fsp3) is 0.529. The Morgan fingerprint density at radius 3 is 2.86 bits per heavy atom. The number of carbonyl (C=O) groups excluding carboxylic acids is 1. The molecule has 2 N–H and O–H groups in total. The Morgan fingerprint density at radius 2 is 2.05 bits per heavy atom. The van der Waals surface area contributed by atoms with Gasteiger partial charge in [-0.05, 0) is 31.4 Å². The molecule has 2 aromatic rings. The van der Waals surface area contributed by atoms with Crippen LogP contribution in [0.3, 0.4) is 0 Å². The van der Waals surface area contributed by atoms with Crippen molar-refractivity contribution in [1.82, 2.24) is 15.3 Å². The van der Waals surface area contributed by atoms with Crippen molar-refractivity contribution in [1.29, 1.82) is 0 Å². The van der Waals surface area contributed by atoms with E-state index in [9.17, 15) is 4.79 Å². The van der Waals surface area contributed by atoms with Gasteiger partial charge in [-0.25, -0.2) is 4.98 Å². The first-order valence-corrected chi connectivity index (χ1v) is 8.04. The Labute approximate surface area is 125 Å². The number of aromatic amines is 1. The summed E-state index contributed by atoms with van der Waals surface area (Å²) in [6, 6.07) is 8.44. The number of aromatic nitrogens is 2. The third-order valence-electron chi connectivity index (χ3n) is 4.23. The third-order valence-corrected chi connectivity index (χ3v) is 4.23. The van der Waals surface area contributed by atoms with E-state index in [0.717, 1.165) is 42.5 Å². The Bertz CT molecular complexity index is 566. The second-order valence-corrected chi connectivity index (χ2v) is 5.96. The minimum absolute atomic E-state index is 0.193. The number of hydrogen-bond donors (Lipinski definition) is 2. The summed E-state index contributed by atoms with van der Waals surface area (Å²) in [5.41, 5.74) is 2.07. The highest BCUT2D eigenvalue weighted by Gasteiger charge is 2.15. The number of aryl methyl sites for hydroxylation is 1. The van der Waals surface area contributed by atoms with Crippen molar-refractivity contribution in [3.63, 3.8) is 0 Å². The normalized spacial score (nSPS) is 16.2. The summed E-state index contributed by atoms with van der Waals surface area (Å²) in [5.74, 6) is 1.17. The molecule has 1 saturated carbocycles. The molecule has 1 fully saturated rings. The lowest BCUT2D eigenvalue weighted by molar-refractivity contribution is -0.122. The van der Waals surface area contributed by atoms with E-state index in [0.29, 0.717) is 12.5 Å². The van der Waals surface area contributed by atoms with Gasteiger partial charge < -0.3 is 10.3 Å². The van der Waals surface area contributed by atoms with Gasteiger partial charge in [-0.2, -0.15) is 0 Å². The molecule has 1 aliphatic rings. The highest BCUT2D eigenvalue weighted by molar-refractivity contribution is 5.76. The summed E-state index contributed by atoms with van der Waals surface area (Å²) < 4.78 is 0. The molecule has 1 aromatic carbocycles. The number of benzene rings is 1. The predicted octanol–water partition coefficient (Wildman–Crippen LogP) is 3.33. The fourth-order valence-electron chi connectivity index (χ4n) is 3.09. The zero-order valence-corrected chi connectivity index (χ0v) is 12.4. The molecule has 4 heteroatoms. The number of hydrogen-bond acceptors (Lipinski definition) is 2. The summed E-state index contributed by atoms with van der Waals surface area (Å²) >= 11 is 0. The standard InChI is InChI=1S/C17H23N3O/c21-17(18-13-7-2-1-3-8-13)12-6-11-16-19-14-9-4-5-10-15(14)20-16/h4-5,9-10,13H,1-3,6-8,11-12H2,(H,18,21)(H,19,20). The van der Waals surface area contributed by atoms with Gasteiger partial charge in [-0.15, -0.1) is 0 Å². The Kier molecular flexibility index (Phi) is 4.53. The van der Waals surface area contributed by atoms with E-state index in [4.69, 9.17) is 0 Å². The smallest absolute Gasteiger partial charge is 0.220 e. The van der Waals surface area contributed by atoms with Crippen LogP contribution in [0, 0.1) is 0 Å². The molecule has 21 heavy (non-hydrogen) atoms. The lowest BCUT2D eigenvalue weighted by atomic mass is 9.95. The molecular formula is C17H23N3O. The molecule has 0 unspecified atom stereocenters. The number of nitrogens with one attached hydrogen (secondary N) is 2. The van der Waals surface area contributed by atoms with Gasteiger partial charge in [-0.3, -0.25) is 4.79 Å². The highest BCUT2D eigenvalue weighted by Crippen LogP contribution is 2.17. The van der Waals surface area contributed by atoms with Gasteiger partial charge in [0.1, 0.15) is 5.82 Å². The maximum Gasteiger partial charge on any atom is 0.220 e. The molecule has 0 radical (unpaired) electrons. The summed E-state index contributed by atoms with van der Waals surface area (Å²) in [4.78, 5) is 19.8. The first-order chi connectivity index (χ1) is 10.3. The maximum atomic E-state index is 11.9. The van der Waals surface area contributed by atoms with E-state index in [-0.39, 0.29) is 5.91 Å². The van der Waals surface area contributed by atoms with Crippen LogP contribution >= 0.6 is 0 Å². The molecule has 1 aromatic heterocycles. The van der Waals surface area contributed by atoms with Gasteiger partial charge in [0.25, 0.3) is 0 Å². The maximum absolute atomic E-state index is 11.9. The van der Waals surface area contributed by atoms with Crippen molar-refractivity contribution in [3.8, 4) is 0 Å². The van der Waals surface area contributed by atoms with Crippen molar-refractivity contribution in [2.45, 2.75) is 57.4 Å². The minimum atomic E-state index is 0.193. The van der Waals surface area contributed by atoms with Crippen LogP contribution in [0.4, 0.5) is 0 Å². The largest absolute Gasteiger partial charge is 0.353 e. The molecule has 0 bridgehead atoms. The van der Waals surface area contributed by atoms with E-state index in [2.05, 4.69) is 15.3 Å². The number of nitrogens with zero attached hydrogens (tertiary/aromatic N) is 1. The van der Waals surface area contributed by atoms with Crippen LogP contribution in [0.5, 0.6) is 0 Å². The molecule has 1 amide bonds. The van der Waals surface area contributed by atoms with Crippen LogP contribution in [0.15, 0.2) is 24.3 Å². The molecule has 112 valence electrons. The number of H-pyrrole nitrogens is 1. The molecule has 1 aliphatic carbocycles. The topological polar surface area (TPSA) is 57.8 Å². The first kappa shape index (κ1) is 14.1. The van der Waals surface area contributed by atoms with E-state index in [1.807, 2.05) is 24.3 Å². The summed E-state index contributed by atoms with van der Waals surface area (Å²) in [6.07, 6.45) is 8.38. The van der Waals surface area contributed by atoms with Gasteiger partial charge in [0, 0.05) is 18.9 Å². The van der Waals surface area contributed by atoms with Crippen molar-refractivity contribution in [2.75, 3.05) is 0 Å². The zero-order valence-electron chi connectivity index (χ0n) is 12.4. The van der Waals surface area contributed by atoms with Crippen LogP contribution in [0.1, 0.15) is 50.8 Å². The van der Waals surface area contributed by atoms with Crippen LogP contribution in [0.25, 0.3) is 11.0 Å². The lowest BCUT2D eigenvalue weighted by Gasteiger charge is -2.22. The van der Waals surface area contributed by atoms with Gasteiger partial charge in [0.15, 0.2) is 0 Å². The number of fused-ring (bicyclic) bond motifs is 1. The molecule has 4 nitrogen and oxygen atoms in total. The molecule has 3 rings (SSSR count). The predicted molar refractivity (Wildman–Crippen MR) is 84.0 cm³/mol. The average molecular weight is 285 g/mol. The lowest BCUT2D eigenvalue weighted by Crippen LogP contribution is -2.36. The van der Waals surface area contributed by atoms with Crippen molar-refractivity contribution >= 4 is 16.9 Å². The Hall–Kier alpha value is -1.84. The molecule has 1 heterocycles. The second-order valence-electron chi connectivity index (χ2n) is 5.96. The van der Waals surface area contributed by atoms with Crippen LogP contribution in [-0.4, -0.2) is 21.9 Å². The summed E-state index contributed by atoms with van der Waals surface area (Å²) in [6.45, 7) is 0. The van der Waals surface area contributed by atoms with Crippen LogP contribution < -0.4 is 5.32 Å². The highest BCUT2D eigenvalue weighted by atomic mass is 16.1. The number of carbonyl (C=O) groups is 1. The van der Waals surface area contributed by atoms with Crippen molar-refractivity contribution < 1.29 is 4.79 Å². The van der Waals surface area contributed by atoms with E-state index in [1.165, 1.54) is 19.3 Å². The molecular weight excluding hydrogens is 262 g/mol. The zero-order chi connectivity index (χ0) is 14.5. The van der Waals surface area contributed by atoms with E-state index >= 15 is 0 Å². The molecule has 0 spiro atoms. The monoisotopic (exact) mass is 285 g/mol. The van der Waals surface area contributed by atoms with E-state index < -0.39 is 0 Å². The minimum Gasteiger partial charge on any atom is -0.353 e. The van der Waals surface area contributed by atoms with Gasteiger partial charge >= 0.3 is 0 Å². The number of rotatable bonds is 5. The van der Waals surface area contributed by atoms with Crippen LogP contribution in [0.2, 0.25) is 0 Å². The molecule has 0 atom stereocenters. The van der Waals surface area contributed by atoms with E-state index in [1.54, 1.807) is 0 Å². The quantitative estimate of drug-likeness (QED) is 0.885. The number of para-hydroxylation sites is 2. The SMILES string of the molecule is O=C(CCCc1nc2ccccc2[nH]1)NC1CCCCC1. The van der Waals surface area contributed by atoms with Gasteiger partial charge in [-0.1, -0.05) is 31.4 Å². The average Bonchev–Trinajstić information content (AvgIpc) is 2.91. The summed E-state index contributed by atoms with van der Waals surface area (Å²) in [5, 5.41) is 3.16. The third kappa shape index (κ3) is 3.84. The summed E-state index contributed by atoms with van der Waals surface area (Å²) in [7, 11) is 0. The number of imidazole rings is 1. The Balaban J connectivity index is 1.43. The molecule has 0 aliphatic heterocycles. The van der Waals surface area contributed by atoms with Gasteiger partial charge in [0.2, 0.25) is 5.91 Å². The Morgan fingerprint density at radius 1 is 1.24 bits per heavy atom. The number of amides is 1. The van der Waals surface area contributed by atoms with Crippen molar-refractivity contribution in [2.24, 2.45) is 0 Å². The molecule has 0 saturated heterocycles.